The van der Waals surface area contributed by atoms with E-state index in [1.165, 1.54) is 6.42 Å². The molecule has 2 fully saturated rings. The first-order chi connectivity index (χ1) is 9.53. The van der Waals surface area contributed by atoms with Crippen molar-refractivity contribution < 1.29 is 9.53 Å². The van der Waals surface area contributed by atoms with E-state index >= 15 is 0 Å². The van der Waals surface area contributed by atoms with Crippen LogP contribution in [0, 0.1) is 0 Å². The van der Waals surface area contributed by atoms with Crippen molar-refractivity contribution in [2.75, 3.05) is 39.3 Å². The Morgan fingerprint density at radius 1 is 1.25 bits per heavy atom. The summed E-state index contributed by atoms with van der Waals surface area (Å²) < 4.78 is 5.66. The van der Waals surface area contributed by atoms with Gasteiger partial charge in [0.15, 0.2) is 0 Å². The molecule has 1 atom stereocenters. The van der Waals surface area contributed by atoms with Crippen molar-refractivity contribution in [1.82, 2.24) is 9.80 Å². The van der Waals surface area contributed by atoms with Crippen LogP contribution in [0.3, 0.4) is 0 Å². The average molecular weight is 283 g/mol. The number of carbonyl (C=O) groups is 1. The minimum atomic E-state index is 0.0294. The molecule has 2 aliphatic rings. The third-order valence-corrected chi connectivity index (χ3v) is 4.66. The monoisotopic (exact) mass is 283 g/mol. The molecule has 2 aliphatic heterocycles. The Morgan fingerprint density at radius 2 is 1.95 bits per heavy atom. The SMILES string of the molecule is CC(C)(CN)N1CCN(C(=O)CC2CCCCO2)CC1. The second-order valence-corrected chi connectivity index (χ2v) is 6.58. The third kappa shape index (κ3) is 3.93. The van der Waals surface area contributed by atoms with E-state index in [1.54, 1.807) is 0 Å². The zero-order valence-electron chi connectivity index (χ0n) is 12.9. The lowest BCUT2D eigenvalue weighted by Gasteiger charge is -2.43. The van der Waals surface area contributed by atoms with Crippen molar-refractivity contribution in [3.8, 4) is 0 Å². The molecule has 0 aromatic rings. The van der Waals surface area contributed by atoms with Crippen molar-refractivity contribution in [2.45, 2.75) is 51.2 Å². The molecule has 20 heavy (non-hydrogen) atoms. The summed E-state index contributed by atoms with van der Waals surface area (Å²) in [5, 5.41) is 0. The van der Waals surface area contributed by atoms with Crippen molar-refractivity contribution in [3.05, 3.63) is 0 Å². The van der Waals surface area contributed by atoms with Crippen molar-refractivity contribution in [3.63, 3.8) is 0 Å². The van der Waals surface area contributed by atoms with Crippen molar-refractivity contribution in [1.29, 1.82) is 0 Å². The zero-order chi connectivity index (χ0) is 14.6. The zero-order valence-corrected chi connectivity index (χ0v) is 12.9. The molecule has 0 bridgehead atoms. The number of ether oxygens (including phenoxy) is 1. The minimum absolute atomic E-state index is 0.0294. The number of hydrogen-bond donors (Lipinski definition) is 1. The summed E-state index contributed by atoms with van der Waals surface area (Å²) in [6.45, 7) is 9.26. The largest absolute Gasteiger partial charge is 0.378 e. The number of carbonyl (C=O) groups excluding carboxylic acids is 1. The Balaban J connectivity index is 1.76. The van der Waals surface area contributed by atoms with E-state index in [2.05, 4.69) is 18.7 Å². The number of piperazine rings is 1. The van der Waals surface area contributed by atoms with Crippen molar-refractivity contribution >= 4 is 5.91 Å². The highest BCUT2D eigenvalue weighted by molar-refractivity contribution is 5.76. The van der Waals surface area contributed by atoms with Gasteiger partial charge in [0.1, 0.15) is 0 Å². The number of rotatable bonds is 4. The quantitative estimate of drug-likeness (QED) is 0.830. The number of nitrogens with two attached hydrogens (primary N) is 1. The number of nitrogens with zero attached hydrogens (tertiary/aromatic N) is 2. The van der Waals surface area contributed by atoms with Crippen LogP contribution in [0.25, 0.3) is 0 Å². The van der Waals surface area contributed by atoms with E-state index in [9.17, 15) is 4.79 Å². The van der Waals surface area contributed by atoms with Crippen LogP contribution >= 0.6 is 0 Å². The first kappa shape index (κ1) is 15.7. The maximum Gasteiger partial charge on any atom is 0.225 e. The summed E-state index contributed by atoms with van der Waals surface area (Å²) in [4.78, 5) is 16.7. The van der Waals surface area contributed by atoms with Crippen LogP contribution < -0.4 is 5.73 Å². The molecule has 116 valence electrons. The fourth-order valence-electron chi connectivity index (χ4n) is 2.98. The van der Waals surface area contributed by atoms with Crippen LogP contribution in [-0.2, 0) is 9.53 Å². The maximum atomic E-state index is 12.3. The van der Waals surface area contributed by atoms with Gasteiger partial charge in [-0.3, -0.25) is 9.69 Å². The van der Waals surface area contributed by atoms with E-state index in [0.29, 0.717) is 13.0 Å². The van der Waals surface area contributed by atoms with Crippen LogP contribution in [-0.4, -0.2) is 66.7 Å². The summed E-state index contributed by atoms with van der Waals surface area (Å²) in [5.41, 5.74) is 5.85. The lowest BCUT2D eigenvalue weighted by Crippen LogP contribution is -2.58. The molecule has 0 aliphatic carbocycles. The third-order valence-electron chi connectivity index (χ3n) is 4.66. The first-order valence-corrected chi connectivity index (χ1v) is 7.87. The molecule has 0 aromatic heterocycles. The van der Waals surface area contributed by atoms with Gasteiger partial charge < -0.3 is 15.4 Å². The van der Waals surface area contributed by atoms with Crippen LogP contribution in [0.1, 0.15) is 39.5 Å². The molecule has 0 aromatic carbocycles. The van der Waals surface area contributed by atoms with Crippen molar-refractivity contribution in [2.24, 2.45) is 5.73 Å². The molecule has 1 unspecified atom stereocenters. The van der Waals surface area contributed by atoms with Gasteiger partial charge in [-0.15, -0.1) is 0 Å². The molecule has 0 spiro atoms. The van der Waals surface area contributed by atoms with Gasteiger partial charge in [-0.1, -0.05) is 0 Å². The summed E-state index contributed by atoms with van der Waals surface area (Å²) >= 11 is 0. The fourth-order valence-corrected chi connectivity index (χ4v) is 2.98. The van der Waals surface area contributed by atoms with Gasteiger partial charge in [0.25, 0.3) is 0 Å². The van der Waals surface area contributed by atoms with Gasteiger partial charge in [0.2, 0.25) is 5.91 Å². The fraction of sp³-hybridized carbons (Fsp3) is 0.933. The summed E-state index contributed by atoms with van der Waals surface area (Å²) in [7, 11) is 0. The van der Waals surface area contributed by atoms with Crippen LogP contribution in [0.2, 0.25) is 0 Å². The van der Waals surface area contributed by atoms with E-state index in [0.717, 1.165) is 45.6 Å². The lowest BCUT2D eigenvalue weighted by atomic mass is 10.0. The van der Waals surface area contributed by atoms with E-state index < -0.39 is 0 Å². The molecule has 5 heteroatoms. The molecule has 2 saturated heterocycles. The van der Waals surface area contributed by atoms with E-state index in [1.807, 2.05) is 4.90 Å². The normalized spacial score (nSPS) is 25.8. The summed E-state index contributed by atoms with van der Waals surface area (Å²) in [6, 6.07) is 0. The standard InChI is InChI=1S/C15H29N3O2/c1-15(2,12-16)18-8-6-17(7-9-18)14(19)11-13-5-3-4-10-20-13/h13H,3-12,16H2,1-2H3. The molecule has 2 rings (SSSR count). The van der Waals surface area contributed by atoms with Crippen LogP contribution in [0.5, 0.6) is 0 Å². The average Bonchev–Trinajstić information content (AvgIpc) is 2.48. The Hall–Kier alpha value is -0.650. The Labute approximate surface area is 122 Å². The molecule has 2 heterocycles. The Morgan fingerprint density at radius 3 is 2.50 bits per heavy atom. The second kappa shape index (κ2) is 6.87. The number of hydrogen-bond acceptors (Lipinski definition) is 4. The molecule has 5 nitrogen and oxygen atoms in total. The highest BCUT2D eigenvalue weighted by Crippen LogP contribution is 2.19. The van der Waals surface area contributed by atoms with Gasteiger partial charge in [-0.2, -0.15) is 0 Å². The molecular formula is C15H29N3O2. The van der Waals surface area contributed by atoms with Gasteiger partial charge in [0, 0.05) is 44.9 Å². The van der Waals surface area contributed by atoms with Gasteiger partial charge in [0.05, 0.1) is 12.5 Å². The molecule has 2 N–H and O–H groups in total. The lowest BCUT2D eigenvalue weighted by molar-refractivity contribution is -0.137. The van der Waals surface area contributed by atoms with E-state index in [4.69, 9.17) is 10.5 Å². The van der Waals surface area contributed by atoms with Crippen LogP contribution in [0.15, 0.2) is 0 Å². The highest BCUT2D eigenvalue weighted by Gasteiger charge is 2.30. The predicted molar refractivity (Wildman–Crippen MR) is 79.5 cm³/mol. The molecular weight excluding hydrogens is 254 g/mol. The number of amides is 1. The predicted octanol–water partition coefficient (Wildman–Crippen LogP) is 0.827. The minimum Gasteiger partial charge on any atom is -0.378 e. The Bertz CT molecular complexity index is 319. The van der Waals surface area contributed by atoms with Gasteiger partial charge >= 0.3 is 0 Å². The second-order valence-electron chi connectivity index (χ2n) is 6.58. The topological polar surface area (TPSA) is 58.8 Å². The maximum absolute atomic E-state index is 12.3. The summed E-state index contributed by atoms with van der Waals surface area (Å²) in [5.74, 6) is 0.252. The highest BCUT2D eigenvalue weighted by atomic mass is 16.5. The Kier molecular flexibility index (Phi) is 5.41. The van der Waals surface area contributed by atoms with Gasteiger partial charge in [-0.05, 0) is 33.1 Å². The molecule has 0 radical (unpaired) electrons. The smallest absolute Gasteiger partial charge is 0.225 e. The first-order valence-electron chi connectivity index (χ1n) is 7.87. The molecule has 0 saturated carbocycles. The van der Waals surface area contributed by atoms with Gasteiger partial charge in [-0.25, -0.2) is 0 Å². The molecule has 1 amide bonds. The van der Waals surface area contributed by atoms with E-state index in [-0.39, 0.29) is 17.6 Å². The summed E-state index contributed by atoms with van der Waals surface area (Å²) in [6.07, 6.45) is 4.06. The van der Waals surface area contributed by atoms with Crippen LogP contribution in [0.4, 0.5) is 0 Å².